The maximum atomic E-state index is 13.0. The van der Waals surface area contributed by atoms with Gasteiger partial charge in [-0.05, 0) is 12.1 Å². The van der Waals surface area contributed by atoms with Crippen LogP contribution in [0, 0.1) is 5.82 Å². The van der Waals surface area contributed by atoms with E-state index in [0.717, 1.165) is 0 Å². The smallest absolute Gasteiger partial charge is 0.205 e. The van der Waals surface area contributed by atoms with Crippen molar-refractivity contribution in [2.24, 2.45) is 0 Å². The highest BCUT2D eigenvalue weighted by Crippen LogP contribution is 2.33. The van der Waals surface area contributed by atoms with Gasteiger partial charge >= 0.3 is 6.18 Å². The highest BCUT2D eigenvalue weighted by molar-refractivity contribution is 6.31. The monoisotopic (exact) mass is 246 g/mol. The summed E-state index contributed by atoms with van der Waals surface area (Å²) in [6, 6.07) is 1.18. The van der Waals surface area contributed by atoms with Crippen molar-refractivity contribution in [3.8, 4) is 0 Å². The lowest BCUT2D eigenvalue weighted by atomic mass is 10.1. The summed E-state index contributed by atoms with van der Waals surface area (Å²) in [5, 5.41) is -0.574. The Bertz CT molecular complexity index is 346. The zero-order valence-electron chi connectivity index (χ0n) is 6.63. The van der Waals surface area contributed by atoms with E-state index in [1.165, 1.54) is 0 Å². The van der Waals surface area contributed by atoms with Gasteiger partial charge in [-0.25, -0.2) is 4.39 Å². The van der Waals surface area contributed by atoms with Gasteiger partial charge in [0.25, 0.3) is 0 Å². The summed E-state index contributed by atoms with van der Waals surface area (Å²) in [5.41, 5.74) is -1.26. The second kappa shape index (κ2) is 3.95. The molecule has 0 bridgehead atoms. The minimum atomic E-state index is -4.54. The van der Waals surface area contributed by atoms with Crippen molar-refractivity contribution in [2.45, 2.75) is 12.1 Å². The summed E-state index contributed by atoms with van der Waals surface area (Å²) >= 11 is 10.5. The standard InChI is InChI=1S/C8H4Cl2F4/c9-3-4-1-5(8(12,13)14)2-6(10)7(4)11/h1-2H,3H2. The lowest BCUT2D eigenvalue weighted by molar-refractivity contribution is -0.137. The molecule has 0 atom stereocenters. The second-order valence-corrected chi connectivity index (χ2v) is 3.24. The molecule has 1 aromatic carbocycles. The SMILES string of the molecule is Fc1c(Cl)cc(C(F)(F)F)cc1CCl. The first-order chi connectivity index (χ1) is 6.36. The lowest BCUT2D eigenvalue weighted by Crippen LogP contribution is -2.06. The van der Waals surface area contributed by atoms with E-state index in [9.17, 15) is 17.6 Å². The molecule has 6 heteroatoms. The first-order valence-electron chi connectivity index (χ1n) is 3.47. The number of benzene rings is 1. The van der Waals surface area contributed by atoms with Gasteiger partial charge < -0.3 is 0 Å². The number of rotatable bonds is 1. The molecule has 0 aromatic heterocycles. The largest absolute Gasteiger partial charge is 0.416 e. The average Bonchev–Trinajstić information content (AvgIpc) is 2.07. The first-order valence-corrected chi connectivity index (χ1v) is 4.38. The van der Waals surface area contributed by atoms with Crippen LogP contribution in [0.2, 0.25) is 5.02 Å². The Morgan fingerprint density at radius 1 is 1.21 bits per heavy atom. The maximum absolute atomic E-state index is 13.0. The van der Waals surface area contributed by atoms with Gasteiger partial charge in [-0.3, -0.25) is 0 Å². The van der Waals surface area contributed by atoms with E-state index in [2.05, 4.69) is 0 Å². The molecular weight excluding hydrogens is 243 g/mol. The molecule has 0 amide bonds. The van der Waals surface area contributed by atoms with Gasteiger partial charge in [-0.1, -0.05) is 11.6 Å². The molecule has 0 spiro atoms. The molecule has 0 saturated heterocycles. The molecule has 0 fully saturated rings. The Hall–Kier alpha value is -0.480. The summed E-state index contributed by atoms with van der Waals surface area (Å²) in [7, 11) is 0. The fourth-order valence-corrected chi connectivity index (χ4v) is 1.34. The molecule has 0 N–H and O–H groups in total. The number of hydrogen-bond donors (Lipinski definition) is 0. The highest BCUT2D eigenvalue weighted by atomic mass is 35.5. The highest BCUT2D eigenvalue weighted by Gasteiger charge is 2.32. The normalized spacial score (nSPS) is 11.9. The van der Waals surface area contributed by atoms with Crippen molar-refractivity contribution in [1.82, 2.24) is 0 Å². The second-order valence-electron chi connectivity index (χ2n) is 2.56. The first kappa shape index (κ1) is 11.6. The van der Waals surface area contributed by atoms with E-state index < -0.39 is 22.6 Å². The molecule has 14 heavy (non-hydrogen) atoms. The Kier molecular flexibility index (Phi) is 3.27. The summed E-state index contributed by atoms with van der Waals surface area (Å²) in [6.07, 6.45) is -4.54. The third-order valence-corrected chi connectivity index (χ3v) is 2.14. The summed E-state index contributed by atoms with van der Waals surface area (Å²) in [5.74, 6) is -1.26. The van der Waals surface area contributed by atoms with Crippen molar-refractivity contribution >= 4 is 23.2 Å². The molecule has 1 aromatic rings. The summed E-state index contributed by atoms with van der Waals surface area (Å²) in [6.45, 7) is 0. The summed E-state index contributed by atoms with van der Waals surface area (Å²) in [4.78, 5) is 0. The zero-order valence-corrected chi connectivity index (χ0v) is 8.14. The van der Waals surface area contributed by atoms with E-state index in [1.54, 1.807) is 0 Å². The van der Waals surface area contributed by atoms with Crippen molar-refractivity contribution in [2.75, 3.05) is 0 Å². The van der Waals surface area contributed by atoms with Crippen LogP contribution in [0.15, 0.2) is 12.1 Å². The van der Waals surface area contributed by atoms with Crippen LogP contribution in [0.25, 0.3) is 0 Å². The van der Waals surface area contributed by atoms with Crippen LogP contribution >= 0.6 is 23.2 Å². The van der Waals surface area contributed by atoms with Crippen LogP contribution in [0.5, 0.6) is 0 Å². The Morgan fingerprint density at radius 3 is 2.21 bits per heavy atom. The fourth-order valence-electron chi connectivity index (χ4n) is 0.907. The molecule has 0 aliphatic heterocycles. The minimum Gasteiger partial charge on any atom is -0.205 e. The van der Waals surface area contributed by atoms with Gasteiger partial charge in [-0.15, -0.1) is 11.6 Å². The van der Waals surface area contributed by atoms with Gasteiger partial charge in [-0.2, -0.15) is 13.2 Å². The molecule has 78 valence electrons. The van der Waals surface area contributed by atoms with Gasteiger partial charge in [0.1, 0.15) is 5.82 Å². The third-order valence-electron chi connectivity index (χ3n) is 1.57. The van der Waals surface area contributed by atoms with Crippen LogP contribution in [-0.4, -0.2) is 0 Å². The van der Waals surface area contributed by atoms with E-state index >= 15 is 0 Å². The van der Waals surface area contributed by atoms with E-state index in [-0.39, 0.29) is 11.4 Å². The van der Waals surface area contributed by atoms with Crippen LogP contribution in [-0.2, 0) is 12.1 Å². The van der Waals surface area contributed by atoms with Gasteiger partial charge in [0.15, 0.2) is 0 Å². The Morgan fingerprint density at radius 2 is 1.79 bits per heavy atom. The average molecular weight is 247 g/mol. The van der Waals surface area contributed by atoms with Crippen molar-refractivity contribution in [1.29, 1.82) is 0 Å². The quantitative estimate of drug-likeness (QED) is 0.514. The van der Waals surface area contributed by atoms with Gasteiger partial charge in [0.05, 0.1) is 16.5 Å². The molecule has 0 aliphatic rings. The van der Waals surface area contributed by atoms with Gasteiger partial charge in [0.2, 0.25) is 0 Å². The molecule has 1 rings (SSSR count). The Balaban J connectivity index is 3.30. The molecule has 0 saturated carbocycles. The van der Waals surface area contributed by atoms with E-state index in [4.69, 9.17) is 23.2 Å². The molecule has 0 unspecified atom stereocenters. The number of alkyl halides is 4. The third kappa shape index (κ3) is 2.30. The predicted molar refractivity (Wildman–Crippen MR) is 46.0 cm³/mol. The summed E-state index contributed by atoms with van der Waals surface area (Å²) < 4.78 is 49.6. The van der Waals surface area contributed by atoms with Crippen LogP contribution < -0.4 is 0 Å². The lowest BCUT2D eigenvalue weighted by Gasteiger charge is -2.09. The van der Waals surface area contributed by atoms with Crippen molar-refractivity contribution < 1.29 is 17.6 Å². The predicted octanol–water partition coefficient (Wildman–Crippen LogP) is 4.24. The molecule has 0 radical (unpaired) electrons. The number of halogens is 6. The van der Waals surface area contributed by atoms with Crippen LogP contribution in [0.3, 0.4) is 0 Å². The zero-order chi connectivity index (χ0) is 10.9. The van der Waals surface area contributed by atoms with Crippen LogP contribution in [0.4, 0.5) is 17.6 Å². The van der Waals surface area contributed by atoms with Crippen LogP contribution in [0.1, 0.15) is 11.1 Å². The van der Waals surface area contributed by atoms with Crippen molar-refractivity contribution in [3.05, 3.63) is 34.1 Å². The molecule has 0 heterocycles. The molecule has 0 aliphatic carbocycles. The molecule has 0 nitrogen and oxygen atoms in total. The van der Waals surface area contributed by atoms with Crippen molar-refractivity contribution in [3.63, 3.8) is 0 Å². The van der Waals surface area contributed by atoms with Gasteiger partial charge in [0, 0.05) is 5.56 Å². The number of hydrogen-bond acceptors (Lipinski definition) is 0. The Labute approximate surface area is 87.4 Å². The topological polar surface area (TPSA) is 0 Å². The van der Waals surface area contributed by atoms with E-state index in [0.29, 0.717) is 12.1 Å². The fraction of sp³-hybridized carbons (Fsp3) is 0.250. The van der Waals surface area contributed by atoms with E-state index in [1.807, 2.05) is 0 Å². The minimum absolute atomic E-state index is 0.258. The molecular formula is C8H4Cl2F4. The maximum Gasteiger partial charge on any atom is 0.416 e.